The Labute approximate surface area is 313 Å². The predicted molar refractivity (Wildman–Crippen MR) is 205 cm³/mol. The molecule has 7 rings (SSSR count). The number of methoxy groups -OCH3 is 1. The minimum atomic E-state index is -1.08. The monoisotopic (exact) mass is 746 g/mol. The van der Waals surface area contributed by atoms with Crippen molar-refractivity contribution in [2.45, 2.75) is 26.0 Å². The van der Waals surface area contributed by atoms with E-state index >= 15 is 0 Å². The van der Waals surface area contributed by atoms with Gasteiger partial charge in [-0.15, -0.1) is 11.3 Å². The van der Waals surface area contributed by atoms with Gasteiger partial charge in [0.2, 0.25) is 0 Å². The number of hydrogen-bond donors (Lipinski definition) is 3. The molecule has 0 radical (unpaired) electrons. The van der Waals surface area contributed by atoms with Crippen LogP contribution in [0, 0.1) is 12.7 Å². The van der Waals surface area contributed by atoms with Gasteiger partial charge in [0.05, 0.1) is 23.4 Å². The second kappa shape index (κ2) is 15.3. The van der Waals surface area contributed by atoms with Gasteiger partial charge in [0.15, 0.2) is 5.82 Å². The van der Waals surface area contributed by atoms with Crippen molar-refractivity contribution in [1.82, 2.24) is 15.0 Å². The van der Waals surface area contributed by atoms with Gasteiger partial charge >= 0.3 is 5.97 Å². The number of halogens is 2. The Hall–Kier alpha value is -6.04. The third kappa shape index (κ3) is 7.35. The van der Waals surface area contributed by atoms with Crippen LogP contribution in [0.4, 0.5) is 10.1 Å². The number of phenols is 1. The maximum absolute atomic E-state index is 14.0. The number of nitrogens with one attached hydrogen (secondary N) is 1. The molecule has 0 amide bonds. The van der Waals surface area contributed by atoms with Gasteiger partial charge in [-0.2, -0.15) is 0 Å². The van der Waals surface area contributed by atoms with Crippen LogP contribution in [0.2, 0.25) is 5.02 Å². The lowest BCUT2D eigenvalue weighted by atomic mass is 9.95. The quantitative estimate of drug-likeness (QED) is 0.112. The molecule has 0 saturated heterocycles. The lowest BCUT2D eigenvalue weighted by Crippen LogP contribution is -2.31. The van der Waals surface area contributed by atoms with Gasteiger partial charge in [0, 0.05) is 40.3 Å². The second-order valence-corrected chi connectivity index (χ2v) is 13.5. The molecule has 1 atom stereocenters. The Balaban J connectivity index is 1.21. The molecule has 9 nitrogen and oxygen atoms in total. The van der Waals surface area contributed by atoms with Gasteiger partial charge in [-0.05, 0) is 77.7 Å². The standard InChI is InChI=1S/C41H32ClFN4O5S/c1-23-28(15-16-32(48)37(23)42)35-36-30(18-20-45-40(36)53-38(35)24-11-13-26(43)14-12-24)47-31(41(49)50)21-25-7-3-5-9-33(25)52-22-27-17-19-44-39(46-27)29-8-4-6-10-34(29)51-2/h3-20,31,48H,21-22H2,1-2H3,(H,45,47)(H,49,50)/t31-/m1/s1. The number of aromatic hydroxyl groups is 1. The number of rotatable bonds is 12. The van der Waals surface area contributed by atoms with E-state index in [4.69, 9.17) is 21.1 Å². The molecule has 4 aromatic carbocycles. The number of carboxylic acid groups (broad SMARTS) is 1. The summed E-state index contributed by atoms with van der Waals surface area (Å²) < 4.78 is 25.7. The smallest absolute Gasteiger partial charge is 0.326 e. The minimum absolute atomic E-state index is 0.0596. The van der Waals surface area contributed by atoms with E-state index in [1.807, 2.05) is 42.5 Å². The molecule has 0 fully saturated rings. The highest BCUT2D eigenvalue weighted by atomic mass is 35.5. The number of carboxylic acids is 1. The molecule has 0 saturated carbocycles. The van der Waals surface area contributed by atoms with Gasteiger partial charge in [0.25, 0.3) is 0 Å². The highest BCUT2D eigenvalue weighted by Crippen LogP contribution is 2.49. The Morgan fingerprint density at radius 2 is 1.66 bits per heavy atom. The number of phenolic OH excluding ortho intramolecular Hbond substituents is 1. The zero-order chi connectivity index (χ0) is 37.1. The van der Waals surface area contributed by atoms with E-state index in [1.54, 1.807) is 62.8 Å². The number of para-hydroxylation sites is 2. The minimum Gasteiger partial charge on any atom is -0.506 e. The molecule has 0 bridgehead atoms. The largest absolute Gasteiger partial charge is 0.506 e. The third-order valence-electron chi connectivity index (χ3n) is 8.79. The van der Waals surface area contributed by atoms with Gasteiger partial charge in [0.1, 0.15) is 40.5 Å². The summed E-state index contributed by atoms with van der Waals surface area (Å²) in [7, 11) is 1.59. The average molecular weight is 747 g/mol. The van der Waals surface area contributed by atoms with Crippen LogP contribution in [0.25, 0.3) is 43.2 Å². The first-order chi connectivity index (χ1) is 25.7. The van der Waals surface area contributed by atoms with Crippen molar-refractivity contribution in [3.8, 4) is 50.2 Å². The molecule has 3 N–H and O–H groups in total. The number of benzene rings is 4. The van der Waals surface area contributed by atoms with Crippen LogP contribution in [-0.2, 0) is 17.8 Å². The highest BCUT2D eigenvalue weighted by Gasteiger charge is 2.26. The number of pyridine rings is 1. The van der Waals surface area contributed by atoms with Crippen molar-refractivity contribution in [1.29, 1.82) is 0 Å². The summed E-state index contributed by atoms with van der Waals surface area (Å²) in [6.07, 6.45) is 3.36. The molecule has 3 aromatic heterocycles. The number of ether oxygens (including phenoxy) is 2. The first-order valence-electron chi connectivity index (χ1n) is 16.5. The number of aromatic nitrogens is 3. The molecule has 0 aliphatic rings. The Bertz CT molecular complexity index is 2460. The third-order valence-corrected chi connectivity index (χ3v) is 10.4. The van der Waals surface area contributed by atoms with Crippen molar-refractivity contribution < 1.29 is 28.9 Å². The zero-order valence-electron chi connectivity index (χ0n) is 28.5. The normalized spacial score (nSPS) is 11.7. The summed E-state index contributed by atoms with van der Waals surface area (Å²) in [6.45, 7) is 1.92. The first-order valence-corrected chi connectivity index (χ1v) is 17.7. The van der Waals surface area contributed by atoms with Crippen molar-refractivity contribution in [2.75, 3.05) is 12.4 Å². The number of thiophene rings is 1. The van der Waals surface area contributed by atoms with Crippen LogP contribution in [0.3, 0.4) is 0 Å². The van der Waals surface area contributed by atoms with Crippen molar-refractivity contribution in [3.63, 3.8) is 0 Å². The van der Waals surface area contributed by atoms with E-state index in [1.165, 1.54) is 29.5 Å². The SMILES string of the molecule is COc1ccccc1-c1nccc(COc2ccccc2C[C@@H](Nc2ccnc3sc(-c4ccc(F)cc4)c(-c4ccc(O)c(Cl)c4C)c23)C(=O)O)n1. The number of aliphatic carboxylic acids is 1. The Morgan fingerprint density at radius 1 is 0.925 bits per heavy atom. The predicted octanol–water partition coefficient (Wildman–Crippen LogP) is 9.59. The van der Waals surface area contributed by atoms with E-state index in [9.17, 15) is 19.4 Å². The summed E-state index contributed by atoms with van der Waals surface area (Å²) >= 11 is 7.92. The summed E-state index contributed by atoms with van der Waals surface area (Å²) in [4.78, 5) is 28.0. The van der Waals surface area contributed by atoms with Crippen molar-refractivity contribution in [2.24, 2.45) is 0 Å². The van der Waals surface area contributed by atoms with Gasteiger partial charge in [-0.3, -0.25) is 0 Å². The lowest BCUT2D eigenvalue weighted by molar-refractivity contribution is -0.137. The van der Waals surface area contributed by atoms with Crippen LogP contribution >= 0.6 is 22.9 Å². The maximum atomic E-state index is 14.0. The van der Waals surface area contributed by atoms with Crippen LogP contribution < -0.4 is 14.8 Å². The zero-order valence-corrected chi connectivity index (χ0v) is 30.1. The topological polar surface area (TPSA) is 127 Å². The molecule has 0 aliphatic heterocycles. The van der Waals surface area contributed by atoms with Crippen LogP contribution in [0.1, 0.15) is 16.8 Å². The van der Waals surface area contributed by atoms with Crippen LogP contribution in [0.5, 0.6) is 17.2 Å². The Morgan fingerprint density at radius 3 is 2.43 bits per heavy atom. The molecule has 0 unspecified atom stereocenters. The summed E-state index contributed by atoms with van der Waals surface area (Å²) in [5.74, 6) is 0.164. The van der Waals surface area contributed by atoms with E-state index in [0.29, 0.717) is 50.0 Å². The molecule has 0 aliphatic carbocycles. The fourth-order valence-corrected chi connectivity index (χ4v) is 7.51. The maximum Gasteiger partial charge on any atom is 0.326 e. The summed E-state index contributed by atoms with van der Waals surface area (Å²) in [5.41, 5.74) is 5.43. The molecule has 266 valence electrons. The van der Waals surface area contributed by atoms with E-state index in [-0.39, 0.29) is 29.6 Å². The molecular formula is C41H32ClFN4O5S. The summed E-state index contributed by atoms with van der Waals surface area (Å²) in [5, 5.41) is 25.0. The average Bonchev–Trinajstić information content (AvgIpc) is 3.57. The molecule has 53 heavy (non-hydrogen) atoms. The van der Waals surface area contributed by atoms with Gasteiger partial charge in [-0.1, -0.05) is 60.1 Å². The summed E-state index contributed by atoms with van der Waals surface area (Å²) in [6, 6.07) is 26.6. The van der Waals surface area contributed by atoms with Crippen LogP contribution in [0.15, 0.2) is 109 Å². The van der Waals surface area contributed by atoms with Crippen molar-refractivity contribution >= 4 is 44.8 Å². The molecule has 0 spiro atoms. The second-order valence-electron chi connectivity index (χ2n) is 12.1. The molecule has 7 aromatic rings. The number of fused-ring (bicyclic) bond motifs is 1. The number of anilines is 1. The highest BCUT2D eigenvalue weighted by molar-refractivity contribution is 7.22. The van der Waals surface area contributed by atoms with Gasteiger partial charge < -0.3 is 25.0 Å². The molecule has 3 heterocycles. The van der Waals surface area contributed by atoms with Crippen LogP contribution in [-0.4, -0.2) is 44.3 Å². The van der Waals surface area contributed by atoms with E-state index in [0.717, 1.165) is 27.1 Å². The fraction of sp³-hybridized carbons (Fsp3) is 0.122. The lowest BCUT2D eigenvalue weighted by Gasteiger charge is -2.19. The molecular weight excluding hydrogens is 715 g/mol. The fourth-order valence-electron chi connectivity index (χ4n) is 6.15. The molecule has 12 heteroatoms. The number of nitrogens with zero attached hydrogens (tertiary/aromatic N) is 3. The van der Waals surface area contributed by atoms with Gasteiger partial charge in [-0.25, -0.2) is 24.1 Å². The first kappa shape index (κ1) is 35.4. The number of hydrogen-bond acceptors (Lipinski definition) is 9. The number of carbonyl (C=O) groups is 1. The van der Waals surface area contributed by atoms with E-state index in [2.05, 4.69) is 20.3 Å². The Kier molecular flexibility index (Phi) is 10.2. The van der Waals surface area contributed by atoms with E-state index < -0.39 is 12.0 Å². The van der Waals surface area contributed by atoms with Crippen molar-refractivity contribution in [3.05, 3.63) is 137 Å².